The molecule has 1 aromatic rings. The molecule has 0 aliphatic carbocycles. The highest BCUT2D eigenvalue weighted by atomic mass is 35.5. The number of hydrogen-bond donors (Lipinski definition) is 2. The van der Waals surface area contributed by atoms with Crippen molar-refractivity contribution in [3.05, 3.63) is 33.8 Å². The minimum absolute atomic E-state index is 0.474. The van der Waals surface area contributed by atoms with Gasteiger partial charge in [0.15, 0.2) is 0 Å². The summed E-state index contributed by atoms with van der Waals surface area (Å²) in [5, 5.41) is 8.19. The third kappa shape index (κ3) is 7.17. The van der Waals surface area contributed by atoms with Gasteiger partial charge in [-0.3, -0.25) is 0 Å². The Bertz CT molecular complexity index is 380. The second-order valence-electron chi connectivity index (χ2n) is 5.41. The lowest BCUT2D eigenvalue weighted by molar-refractivity contribution is 0.474. The van der Waals surface area contributed by atoms with Crippen LogP contribution in [0.5, 0.6) is 0 Å². The van der Waals surface area contributed by atoms with E-state index < -0.39 is 0 Å². The molecule has 2 nitrogen and oxygen atoms in total. The van der Waals surface area contributed by atoms with Crippen LogP contribution in [0.15, 0.2) is 18.2 Å². The second kappa shape index (κ2) is 8.80. The molecule has 1 aromatic carbocycles. The lowest BCUT2D eigenvalue weighted by atomic mass is 10.1. The minimum Gasteiger partial charge on any atom is -0.315 e. The smallest absolute Gasteiger partial charge is 0.0595 e. The monoisotopic (exact) mass is 302 g/mol. The molecule has 0 aromatic heterocycles. The predicted molar refractivity (Wildman–Crippen MR) is 85.3 cm³/mol. The molecule has 2 N–H and O–H groups in total. The van der Waals surface area contributed by atoms with Gasteiger partial charge in [-0.2, -0.15) is 0 Å². The first-order valence-corrected chi connectivity index (χ1v) is 7.62. The molecule has 0 amide bonds. The summed E-state index contributed by atoms with van der Waals surface area (Å²) in [5.74, 6) is 0.698. The molecule has 1 rings (SSSR count). The van der Waals surface area contributed by atoms with E-state index in [0.717, 1.165) is 26.1 Å². The second-order valence-corrected chi connectivity index (χ2v) is 6.22. The summed E-state index contributed by atoms with van der Waals surface area (Å²) in [6, 6.07) is 6.29. The number of benzene rings is 1. The molecular formula is C15H24Cl2N2. The summed E-state index contributed by atoms with van der Waals surface area (Å²) in [7, 11) is 0. The maximum Gasteiger partial charge on any atom is 0.0595 e. The summed E-state index contributed by atoms with van der Waals surface area (Å²) in [5.41, 5.74) is 1.21. The van der Waals surface area contributed by atoms with Gasteiger partial charge in [0, 0.05) is 12.6 Å². The number of rotatable bonds is 8. The molecule has 0 radical (unpaired) electrons. The van der Waals surface area contributed by atoms with Crippen molar-refractivity contribution < 1.29 is 0 Å². The molecule has 1 atom stereocenters. The Morgan fingerprint density at radius 3 is 2.42 bits per heavy atom. The molecule has 0 spiro atoms. The summed E-state index contributed by atoms with van der Waals surface area (Å²) in [6.07, 6.45) is 0.964. The van der Waals surface area contributed by atoms with Crippen LogP contribution in [0.3, 0.4) is 0 Å². The molecule has 19 heavy (non-hydrogen) atoms. The minimum atomic E-state index is 0.474. The van der Waals surface area contributed by atoms with Crippen LogP contribution < -0.4 is 10.6 Å². The van der Waals surface area contributed by atoms with Crippen molar-refractivity contribution in [2.75, 3.05) is 19.6 Å². The Morgan fingerprint density at radius 1 is 1.05 bits per heavy atom. The van der Waals surface area contributed by atoms with Gasteiger partial charge in [0.2, 0.25) is 0 Å². The van der Waals surface area contributed by atoms with Gasteiger partial charge >= 0.3 is 0 Å². The van der Waals surface area contributed by atoms with Crippen molar-refractivity contribution in [3.8, 4) is 0 Å². The van der Waals surface area contributed by atoms with Crippen LogP contribution >= 0.6 is 23.2 Å². The van der Waals surface area contributed by atoms with Crippen molar-refractivity contribution in [2.24, 2.45) is 5.92 Å². The van der Waals surface area contributed by atoms with Crippen molar-refractivity contribution >= 4 is 23.2 Å². The zero-order chi connectivity index (χ0) is 14.3. The van der Waals surface area contributed by atoms with Crippen molar-refractivity contribution in [1.82, 2.24) is 10.6 Å². The molecule has 0 saturated heterocycles. The van der Waals surface area contributed by atoms with Gasteiger partial charge in [0.1, 0.15) is 0 Å². The predicted octanol–water partition coefficient (Wildman–Crippen LogP) is 3.76. The van der Waals surface area contributed by atoms with Crippen LogP contribution in [-0.4, -0.2) is 25.7 Å². The molecule has 0 saturated carbocycles. The SMILES string of the molecule is CC(C)CNCC(C)NCCc1ccc(Cl)c(Cl)c1. The molecule has 1 unspecified atom stereocenters. The Balaban J connectivity index is 2.20. The molecule has 108 valence electrons. The van der Waals surface area contributed by atoms with Gasteiger partial charge < -0.3 is 10.6 Å². The zero-order valence-corrected chi connectivity index (χ0v) is 13.5. The summed E-state index contributed by atoms with van der Waals surface area (Å²) in [4.78, 5) is 0. The first-order valence-electron chi connectivity index (χ1n) is 6.87. The fraction of sp³-hybridized carbons (Fsp3) is 0.600. The topological polar surface area (TPSA) is 24.1 Å². The normalized spacial score (nSPS) is 12.9. The van der Waals surface area contributed by atoms with E-state index in [-0.39, 0.29) is 0 Å². The highest BCUT2D eigenvalue weighted by Gasteiger charge is 2.03. The van der Waals surface area contributed by atoms with E-state index in [2.05, 4.69) is 31.4 Å². The van der Waals surface area contributed by atoms with E-state index in [1.54, 1.807) is 0 Å². The summed E-state index contributed by atoms with van der Waals surface area (Å²) >= 11 is 11.9. The lowest BCUT2D eigenvalue weighted by Crippen LogP contribution is -2.38. The first kappa shape index (κ1) is 16.8. The van der Waals surface area contributed by atoms with E-state index in [0.29, 0.717) is 22.0 Å². The molecule has 0 aliphatic heterocycles. The molecule has 0 fully saturated rings. The Hall–Kier alpha value is -0.280. The standard InChI is InChI=1S/C15H24Cl2N2/c1-11(2)9-18-10-12(3)19-7-6-13-4-5-14(16)15(17)8-13/h4-5,8,11-12,18-19H,6-7,9-10H2,1-3H3. The van der Waals surface area contributed by atoms with Crippen LogP contribution in [-0.2, 0) is 6.42 Å². The quantitative estimate of drug-likeness (QED) is 0.764. The zero-order valence-electron chi connectivity index (χ0n) is 12.0. The molecule has 0 aliphatic rings. The molecule has 4 heteroatoms. The fourth-order valence-electron chi connectivity index (χ4n) is 1.82. The number of hydrogen-bond acceptors (Lipinski definition) is 2. The molecule has 0 bridgehead atoms. The Labute approximate surface area is 126 Å². The van der Waals surface area contributed by atoms with E-state index in [1.165, 1.54) is 5.56 Å². The Morgan fingerprint density at radius 2 is 1.79 bits per heavy atom. The van der Waals surface area contributed by atoms with Crippen LogP contribution in [0.1, 0.15) is 26.3 Å². The van der Waals surface area contributed by atoms with E-state index in [9.17, 15) is 0 Å². The number of nitrogens with one attached hydrogen (secondary N) is 2. The van der Waals surface area contributed by atoms with Gasteiger partial charge in [-0.15, -0.1) is 0 Å². The fourth-order valence-corrected chi connectivity index (χ4v) is 2.14. The maximum atomic E-state index is 5.99. The van der Waals surface area contributed by atoms with Gasteiger partial charge in [0.25, 0.3) is 0 Å². The van der Waals surface area contributed by atoms with E-state index in [4.69, 9.17) is 23.2 Å². The van der Waals surface area contributed by atoms with Crippen LogP contribution in [0.2, 0.25) is 10.0 Å². The van der Waals surface area contributed by atoms with Crippen molar-refractivity contribution in [2.45, 2.75) is 33.2 Å². The van der Waals surface area contributed by atoms with Crippen molar-refractivity contribution in [1.29, 1.82) is 0 Å². The summed E-state index contributed by atoms with van der Waals surface area (Å²) in [6.45, 7) is 9.65. The highest BCUT2D eigenvalue weighted by molar-refractivity contribution is 6.42. The largest absolute Gasteiger partial charge is 0.315 e. The maximum absolute atomic E-state index is 5.99. The van der Waals surface area contributed by atoms with Crippen molar-refractivity contribution in [3.63, 3.8) is 0 Å². The highest BCUT2D eigenvalue weighted by Crippen LogP contribution is 2.22. The molecular weight excluding hydrogens is 279 g/mol. The first-order chi connectivity index (χ1) is 8.99. The van der Waals surface area contributed by atoms with Crippen LogP contribution in [0.25, 0.3) is 0 Å². The average Bonchev–Trinajstić information content (AvgIpc) is 2.33. The van der Waals surface area contributed by atoms with Crippen LogP contribution in [0.4, 0.5) is 0 Å². The molecule has 0 heterocycles. The van der Waals surface area contributed by atoms with E-state index >= 15 is 0 Å². The van der Waals surface area contributed by atoms with Gasteiger partial charge in [-0.25, -0.2) is 0 Å². The third-order valence-electron chi connectivity index (χ3n) is 2.89. The Kier molecular flexibility index (Phi) is 7.77. The average molecular weight is 303 g/mol. The van der Waals surface area contributed by atoms with E-state index in [1.807, 2.05) is 18.2 Å². The van der Waals surface area contributed by atoms with Crippen LogP contribution in [0, 0.1) is 5.92 Å². The number of halogens is 2. The van der Waals surface area contributed by atoms with Gasteiger partial charge in [0.05, 0.1) is 10.0 Å². The van der Waals surface area contributed by atoms with Gasteiger partial charge in [-0.1, -0.05) is 43.1 Å². The third-order valence-corrected chi connectivity index (χ3v) is 3.63. The summed E-state index contributed by atoms with van der Waals surface area (Å²) < 4.78 is 0. The lowest BCUT2D eigenvalue weighted by Gasteiger charge is -2.15. The van der Waals surface area contributed by atoms with Gasteiger partial charge in [-0.05, 0) is 50.0 Å².